The molecule has 2 heterocycles. The zero-order valence-corrected chi connectivity index (χ0v) is 25.3. The van der Waals surface area contributed by atoms with Gasteiger partial charge in [-0.3, -0.25) is 9.59 Å². The number of nitrogens with one attached hydrogen (secondary N) is 1. The summed E-state index contributed by atoms with van der Waals surface area (Å²) in [5.74, 6) is 1.29. The Labute approximate surface area is 236 Å². The van der Waals surface area contributed by atoms with Crippen molar-refractivity contribution in [1.82, 2.24) is 10.2 Å². The van der Waals surface area contributed by atoms with E-state index in [1.807, 2.05) is 13.8 Å². The number of nitrogens with zero attached hydrogens (tertiary/aromatic N) is 1. The van der Waals surface area contributed by atoms with Crippen LogP contribution < -0.4 is 11.1 Å². The average Bonchev–Trinajstić information content (AvgIpc) is 3.38. The molecule has 4 aliphatic carbocycles. The zero-order chi connectivity index (χ0) is 26.8. The third-order valence-electron chi connectivity index (χ3n) is 11.5. The number of likely N-dealkylation sites (tertiary alicyclic amines) is 1. The molecule has 6 unspecified atom stereocenters. The minimum Gasteiger partial charge on any atom is -0.404 e. The molecule has 2 amide bonds. The molecule has 6 rings (SSSR count). The molecule has 2 saturated heterocycles. The lowest BCUT2D eigenvalue weighted by Crippen LogP contribution is -2.65. The molecule has 2 bridgehead atoms. The quantitative estimate of drug-likeness (QED) is 0.433. The Morgan fingerprint density at radius 1 is 1.18 bits per heavy atom. The second kappa shape index (κ2) is 10.9. The number of rotatable bonds is 8. The van der Waals surface area contributed by atoms with Gasteiger partial charge in [-0.25, -0.2) is 0 Å². The smallest absolute Gasteiger partial charge is 0.404 e. The van der Waals surface area contributed by atoms with Crippen molar-refractivity contribution in [2.45, 2.75) is 135 Å². The van der Waals surface area contributed by atoms with E-state index >= 15 is 0 Å². The number of carbonyl (C=O) groups excluding carboxylic acids is 2. The van der Waals surface area contributed by atoms with Crippen molar-refractivity contribution in [3.8, 4) is 0 Å². The summed E-state index contributed by atoms with van der Waals surface area (Å²) in [6, 6.07) is -0.486. The van der Waals surface area contributed by atoms with Gasteiger partial charge in [0.05, 0.1) is 23.2 Å². The van der Waals surface area contributed by atoms with Gasteiger partial charge >= 0.3 is 7.12 Å². The highest BCUT2D eigenvalue weighted by molar-refractivity contribution is 6.47. The fraction of sp³-hybridized carbons (Fsp3) is 0.931. The second-order valence-electron chi connectivity index (χ2n) is 14.1. The molecule has 216 valence electrons. The number of nitrogens with two attached hydrogens (primary N) is 1. The van der Waals surface area contributed by atoms with Crippen LogP contribution in [0.2, 0.25) is 0 Å². The predicted molar refractivity (Wildman–Crippen MR) is 153 cm³/mol. The van der Waals surface area contributed by atoms with Gasteiger partial charge in [0.15, 0.2) is 0 Å². The molecule has 9 heteroatoms. The molecular formula is C29H51BClN3O4. The molecule has 38 heavy (non-hydrogen) atoms. The summed E-state index contributed by atoms with van der Waals surface area (Å²) < 4.78 is 13.2. The molecular weight excluding hydrogens is 501 g/mol. The van der Waals surface area contributed by atoms with Crippen molar-refractivity contribution in [3.05, 3.63) is 0 Å². The largest absolute Gasteiger partial charge is 0.481 e. The lowest BCUT2D eigenvalue weighted by atomic mass is 9.43. The lowest BCUT2D eigenvalue weighted by molar-refractivity contribution is -0.199. The molecule has 0 aromatic heterocycles. The molecule has 0 aromatic carbocycles. The molecule has 4 saturated carbocycles. The SMILES string of the molecule is CCC(NC(=O)[C@H](CC1CCCCC1)N1CCC(N)(C(C)C)C1=O)B1OC2CC3CC(C3(C)C)C2(C)O1.Cl. The predicted octanol–water partition coefficient (Wildman–Crippen LogP) is 4.50. The van der Waals surface area contributed by atoms with Crippen molar-refractivity contribution in [2.24, 2.45) is 34.8 Å². The first kappa shape index (κ1) is 30.1. The third kappa shape index (κ3) is 4.84. The normalized spacial score (nSPS) is 37.9. The first-order valence-electron chi connectivity index (χ1n) is 15.1. The van der Waals surface area contributed by atoms with E-state index in [2.05, 4.69) is 33.0 Å². The van der Waals surface area contributed by atoms with Crippen molar-refractivity contribution < 1.29 is 18.9 Å². The molecule has 0 spiro atoms. The minimum absolute atomic E-state index is 0. The van der Waals surface area contributed by atoms with Crippen LogP contribution in [0.1, 0.15) is 106 Å². The van der Waals surface area contributed by atoms with Crippen LogP contribution in [-0.2, 0) is 18.9 Å². The molecule has 7 nitrogen and oxygen atoms in total. The van der Waals surface area contributed by atoms with Gasteiger partial charge in [0.25, 0.3) is 0 Å². The lowest BCUT2D eigenvalue weighted by Gasteiger charge is -2.64. The Morgan fingerprint density at radius 3 is 2.45 bits per heavy atom. The number of hydrogen-bond acceptors (Lipinski definition) is 5. The third-order valence-corrected chi connectivity index (χ3v) is 11.5. The van der Waals surface area contributed by atoms with E-state index in [0.717, 1.165) is 19.3 Å². The Kier molecular flexibility index (Phi) is 8.62. The fourth-order valence-electron chi connectivity index (χ4n) is 8.44. The van der Waals surface area contributed by atoms with Gasteiger partial charge in [-0.2, -0.15) is 0 Å². The highest BCUT2D eigenvalue weighted by atomic mass is 35.5. The molecule has 7 atom stereocenters. The standard InChI is InChI=1S/C29H50BN3O4.ClH/c1-7-24(30-36-23-17-20-16-22(27(20,4)5)28(23,6)37-30)32-25(34)21(15-19-11-9-8-10-12-19)33-14-13-29(31,18(2)3)26(33)35;/h18-24H,7-17,31H2,1-6H3,(H,32,34);1H/t20?,21-,22?,23?,24?,28?,29?;/m0./s1. The van der Waals surface area contributed by atoms with E-state index in [1.165, 1.54) is 25.7 Å². The summed E-state index contributed by atoms with van der Waals surface area (Å²) in [5, 5.41) is 3.30. The Balaban J connectivity index is 0.00000336. The van der Waals surface area contributed by atoms with E-state index in [9.17, 15) is 9.59 Å². The van der Waals surface area contributed by atoms with Crippen LogP contribution in [0.3, 0.4) is 0 Å². The van der Waals surface area contributed by atoms with Crippen molar-refractivity contribution >= 4 is 31.3 Å². The second-order valence-corrected chi connectivity index (χ2v) is 14.1. The number of hydrogen-bond donors (Lipinski definition) is 2. The van der Waals surface area contributed by atoms with Gasteiger partial charge in [0.1, 0.15) is 6.04 Å². The van der Waals surface area contributed by atoms with Gasteiger partial charge in [0.2, 0.25) is 11.8 Å². The fourth-order valence-corrected chi connectivity index (χ4v) is 8.44. The molecule has 6 aliphatic rings. The first-order chi connectivity index (χ1) is 17.4. The maximum absolute atomic E-state index is 14.0. The van der Waals surface area contributed by atoms with Gasteiger partial charge in [0, 0.05) is 6.54 Å². The Morgan fingerprint density at radius 2 is 1.87 bits per heavy atom. The van der Waals surface area contributed by atoms with E-state index < -0.39 is 18.7 Å². The van der Waals surface area contributed by atoms with Crippen LogP contribution >= 0.6 is 12.4 Å². The van der Waals surface area contributed by atoms with Gasteiger partial charge in [-0.05, 0) is 68.1 Å². The average molecular weight is 552 g/mol. The van der Waals surface area contributed by atoms with Crippen LogP contribution in [0.5, 0.6) is 0 Å². The molecule has 2 aliphatic heterocycles. The van der Waals surface area contributed by atoms with Crippen LogP contribution in [0.25, 0.3) is 0 Å². The van der Waals surface area contributed by atoms with E-state index in [0.29, 0.717) is 43.6 Å². The summed E-state index contributed by atoms with van der Waals surface area (Å²) in [5.41, 5.74) is 5.68. The van der Waals surface area contributed by atoms with Crippen LogP contribution in [0.4, 0.5) is 0 Å². The molecule has 0 radical (unpaired) electrons. The van der Waals surface area contributed by atoms with Gasteiger partial charge in [-0.1, -0.05) is 66.7 Å². The maximum Gasteiger partial charge on any atom is 0.481 e. The Bertz CT molecular complexity index is 899. The number of halogens is 1. The zero-order valence-electron chi connectivity index (χ0n) is 24.5. The van der Waals surface area contributed by atoms with Crippen LogP contribution in [0, 0.1) is 29.1 Å². The monoisotopic (exact) mass is 551 g/mol. The van der Waals surface area contributed by atoms with E-state index in [4.69, 9.17) is 15.0 Å². The number of carbonyl (C=O) groups is 2. The summed E-state index contributed by atoms with van der Waals surface area (Å²) in [6.07, 6.45) is 10.3. The summed E-state index contributed by atoms with van der Waals surface area (Å²) in [6.45, 7) is 13.6. The highest BCUT2D eigenvalue weighted by Crippen LogP contribution is 2.65. The minimum atomic E-state index is -0.884. The summed E-state index contributed by atoms with van der Waals surface area (Å²) >= 11 is 0. The first-order valence-corrected chi connectivity index (χ1v) is 15.1. The van der Waals surface area contributed by atoms with E-state index in [1.54, 1.807) is 4.90 Å². The van der Waals surface area contributed by atoms with Crippen LogP contribution in [0.15, 0.2) is 0 Å². The van der Waals surface area contributed by atoms with Crippen molar-refractivity contribution in [3.63, 3.8) is 0 Å². The topological polar surface area (TPSA) is 93.9 Å². The van der Waals surface area contributed by atoms with Gasteiger partial charge < -0.3 is 25.3 Å². The maximum atomic E-state index is 14.0. The molecule has 6 fully saturated rings. The Hall–Kier alpha value is -0.825. The van der Waals surface area contributed by atoms with E-state index in [-0.39, 0.29) is 53.2 Å². The molecule has 0 aromatic rings. The van der Waals surface area contributed by atoms with Gasteiger partial charge in [-0.15, -0.1) is 12.4 Å². The highest BCUT2D eigenvalue weighted by Gasteiger charge is 2.68. The van der Waals surface area contributed by atoms with Crippen molar-refractivity contribution in [2.75, 3.05) is 6.54 Å². The molecule has 3 N–H and O–H groups in total. The summed E-state index contributed by atoms with van der Waals surface area (Å²) in [7, 11) is -0.451. The van der Waals surface area contributed by atoms with Crippen LogP contribution in [-0.4, -0.2) is 59.6 Å². The van der Waals surface area contributed by atoms with Crippen molar-refractivity contribution in [1.29, 1.82) is 0 Å². The number of amides is 2. The summed E-state index contributed by atoms with van der Waals surface area (Å²) in [4.78, 5) is 29.3.